The maximum atomic E-state index is 5.62. The van der Waals surface area contributed by atoms with Gasteiger partial charge in [-0.05, 0) is 24.3 Å². The van der Waals surface area contributed by atoms with Crippen molar-refractivity contribution in [3.05, 3.63) is 60.6 Å². The van der Waals surface area contributed by atoms with E-state index in [1.54, 1.807) is 18.0 Å². The Morgan fingerprint density at radius 2 is 1.79 bits per heavy atom. The van der Waals surface area contributed by atoms with Crippen LogP contribution in [0.4, 0.5) is 0 Å². The summed E-state index contributed by atoms with van der Waals surface area (Å²) in [7, 11) is 0. The van der Waals surface area contributed by atoms with Crippen molar-refractivity contribution >= 4 is 11.8 Å². The van der Waals surface area contributed by atoms with E-state index in [0.717, 1.165) is 10.6 Å². The Bertz CT molecular complexity index is 640. The molecular formula is C14H11N3OS. The van der Waals surface area contributed by atoms with Gasteiger partial charge in [-0.1, -0.05) is 36.0 Å². The molecule has 0 unspecified atom stereocenters. The van der Waals surface area contributed by atoms with Crippen LogP contribution in [0.1, 0.15) is 5.89 Å². The monoisotopic (exact) mass is 269 g/mol. The summed E-state index contributed by atoms with van der Waals surface area (Å²) in [5, 5.41) is 9.04. The maximum absolute atomic E-state index is 5.62. The molecule has 0 atom stereocenters. The molecule has 19 heavy (non-hydrogen) atoms. The molecule has 0 saturated carbocycles. The SMILES string of the molecule is c1ccc(-c2nnc(CSc3ccccn3)o2)cc1. The smallest absolute Gasteiger partial charge is 0.247 e. The molecule has 0 aliphatic carbocycles. The van der Waals surface area contributed by atoms with Crippen molar-refractivity contribution in [1.82, 2.24) is 15.2 Å². The average Bonchev–Trinajstić information content (AvgIpc) is 2.96. The fourth-order valence-electron chi connectivity index (χ4n) is 1.58. The third-order valence-corrected chi connectivity index (χ3v) is 3.40. The fourth-order valence-corrected chi connectivity index (χ4v) is 2.28. The molecular weight excluding hydrogens is 258 g/mol. The fraction of sp³-hybridized carbons (Fsp3) is 0.0714. The van der Waals surface area contributed by atoms with Crippen LogP contribution in [0.2, 0.25) is 0 Å². The normalized spacial score (nSPS) is 10.5. The highest BCUT2D eigenvalue weighted by Crippen LogP contribution is 2.22. The van der Waals surface area contributed by atoms with Crippen LogP contribution in [-0.4, -0.2) is 15.2 Å². The van der Waals surface area contributed by atoms with E-state index in [1.807, 2.05) is 48.5 Å². The molecule has 94 valence electrons. The Morgan fingerprint density at radius 3 is 2.58 bits per heavy atom. The minimum Gasteiger partial charge on any atom is -0.420 e. The third-order valence-electron chi connectivity index (χ3n) is 2.47. The summed E-state index contributed by atoms with van der Waals surface area (Å²) in [4.78, 5) is 4.23. The Morgan fingerprint density at radius 1 is 0.947 bits per heavy atom. The second kappa shape index (κ2) is 5.67. The van der Waals surface area contributed by atoms with Crippen molar-refractivity contribution in [3.63, 3.8) is 0 Å². The van der Waals surface area contributed by atoms with E-state index >= 15 is 0 Å². The summed E-state index contributed by atoms with van der Waals surface area (Å²) in [6.07, 6.45) is 1.77. The first-order valence-electron chi connectivity index (χ1n) is 5.83. The Labute approximate surface area is 114 Å². The molecule has 2 heterocycles. The number of nitrogens with zero attached hydrogens (tertiary/aromatic N) is 3. The van der Waals surface area contributed by atoms with Crippen molar-refractivity contribution in [1.29, 1.82) is 0 Å². The topological polar surface area (TPSA) is 51.8 Å². The van der Waals surface area contributed by atoms with Gasteiger partial charge in [0.15, 0.2) is 0 Å². The molecule has 2 aromatic heterocycles. The molecule has 3 rings (SSSR count). The van der Waals surface area contributed by atoms with Crippen molar-refractivity contribution in [2.24, 2.45) is 0 Å². The van der Waals surface area contributed by atoms with E-state index in [1.165, 1.54) is 0 Å². The van der Waals surface area contributed by atoms with Gasteiger partial charge in [-0.3, -0.25) is 0 Å². The molecule has 0 aliphatic rings. The number of thioether (sulfide) groups is 1. The lowest BCUT2D eigenvalue weighted by Crippen LogP contribution is -1.82. The van der Waals surface area contributed by atoms with Crippen LogP contribution >= 0.6 is 11.8 Å². The minimum atomic E-state index is 0.553. The lowest BCUT2D eigenvalue weighted by molar-refractivity contribution is 0.528. The summed E-state index contributed by atoms with van der Waals surface area (Å²) in [6, 6.07) is 15.6. The van der Waals surface area contributed by atoms with E-state index < -0.39 is 0 Å². The number of rotatable bonds is 4. The predicted octanol–water partition coefficient (Wildman–Crippen LogP) is 3.42. The highest BCUT2D eigenvalue weighted by Gasteiger charge is 2.08. The van der Waals surface area contributed by atoms with Gasteiger partial charge in [0.05, 0.1) is 10.8 Å². The maximum Gasteiger partial charge on any atom is 0.247 e. The van der Waals surface area contributed by atoms with Gasteiger partial charge in [0, 0.05) is 11.8 Å². The van der Waals surface area contributed by atoms with Crippen molar-refractivity contribution in [3.8, 4) is 11.5 Å². The van der Waals surface area contributed by atoms with Crippen LogP contribution < -0.4 is 0 Å². The van der Waals surface area contributed by atoms with E-state index in [0.29, 0.717) is 17.5 Å². The second-order valence-electron chi connectivity index (χ2n) is 3.82. The van der Waals surface area contributed by atoms with Crippen LogP contribution in [0, 0.1) is 0 Å². The zero-order valence-corrected chi connectivity index (χ0v) is 10.9. The number of aromatic nitrogens is 3. The molecule has 0 N–H and O–H groups in total. The van der Waals surface area contributed by atoms with Crippen molar-refractivity contribution in [2.45, 2.75) is 10.8 Å². The average molecular weight is 269 g/mol. The van der Waals surface area contributed by atoms with E-state index in [-0.39, 0.29) is 0 Å². The molecule has 5 heteroatoms. The van der Waals surface area contributed by atoms with E-state index in [9.17, 15) is 0 Å². The van der Waals surface area contributed by atoms with Gasteiger partial charge in [0.2, 0.25) is 11.8 Å². The summed E-state index contributed by atoms with van der Waals surface area (Å²) in [5.74, 6) is 1.78. The summed E-state index contributed by atoms with van der Waals surface area (Å²) in [6.45, 7) is 0. The van der Waals surface area contributed by atoms with Gasteiger partial charge in [-0.25, -0.2) is 4.98 Å². The molecule has 0 radical (unpaired) electrons. The van der Waals surface area contributed by atoms with Gasteiger partial charge in [0.1, 0.15) is 0 Å². The molecule has 4 nitrogen and oxygen atoms in total. The van der Waals surface area contributed by atoms with Gasteiger partial charge in [-0.2, -0.15) is 0 Å². The zero-order valence-electron chi connectivity index (χ0n) is 10.1. The number of hydrogen-bond acceptors (Lipinski definition) is 5. The highest BCUT2D eigenvalue weighted by molar-refractivity contribution is 7.98. The number of pyridine rings is 1. The van der Waals surface area contributed by atoms with Gasteiger partial charge in [-0.15, -0.1) is 10.2 Å². The first-order chi connectivity index (χ1) is 9.42. The first kappa shape index (κ1) is 11.9. The largest absolute Gasteiger partial charge is 0.420 e. The molecule has 0 amide bonds. The molecule has 0 saturated heterocycles. The molecule has 0 spiro atoms. The Hall–Kier alpha value is -2.14. The quantitative estimate of drug-likeness (QED) is 0.679. The summed E-state index contributed by atoms with van der Waals surface area (Å²) < 4.78 is 5.62. The molecule has 0 bridgehead atoms. The molecule has 0 aliphatic heterocycles. The van der Waals surface area contributed by atoms with Crippen LogP contribution in [0.5, 0.6) is 0 Å². The summed E-state index contributed by atoms with van der Waals surface area (Å²) >= 11 is 1.57. The van der Waals surface area contributed by atoms with Gasteiger partial charge >= 0.3 is 0 Å². The van der Waals surface area contributed by atoms with E-state index in [2.05, 4.69) is 15.2 Å². The predicted molar refractivity (Wildman–Crippen MR) is 73.5 cm³/mol. The number of hydrogen-bond donors (Lipinski definition) is 0. The Balaban J connectivity index is 1.69. The lowest BCUT2D eigenvalue weighted by Gasteiger charge is -1.96. The molecule has 1 aromatic carbocycles. The highest BCUT2D eigenvalue weighted by atomic mass is 32.2. The molecule has 0 fully saturated rings. The van der Waals surface area contributed by atoms with Crippen LogP contribution in [0.3, 0.4) is 0 Å². The van der Waals surface area contributed by atoms with E-state index in [4.69, 9.17) is 4.42 Å². The number of benzene rings is 1. The third kappa shape index (κ3) is 3.00. The Kier molecular flexibility index (Phi) is 3.56. The molecule has 3 aromatic rings. The zero-order chi connectivity index (χ0) is 12.9. The lowest BCUT2D eigenvalue weighted by atomic mass is 10.2. The van der Waals surface area contributed by atoms with Gasteiger partial charge < -0.3 is 4.42 Å². The summed E-state index contributed by atoms with van der Waals surface area (Å²) in [5.41, 5.74) is 0.934. The van der Waals surface area contributed by atoms with Gasteiger partial charge in [0.25, 0.3) is 0 Å². The standard InChI is InChI=1S/C14H11N3OS/c1-2-6-11(7-3-1)14-17-16-12(18-14)10-19-13-8-4-5-9-15-13/h1-9H,10H2. The van der Waals surface area contributed by atoms with Crippen molar-refractivity contribution in [2.75, 3.05) is 0 Å². The van der Waals surface area contributed by atoms with Crippen LogP contribution in [0.25, 0.3) is 11.5 Å². The minimum absolute atomic E-state index is 0.553. The first-order valence-corrected chi connectivity index (χ1v) is 6.82. The second-order valence-corrected chi connectivity index (χ2v) is 4.82. The van der Waals surface area contributed by atoms with Crippen LogP contribution in [-0.2, 0) is 5.75 Å². The van der Waals surface area contributed by atoms with Crippen LogP contribution in [0.15, 0.2) is 64.2 Å². The van der Waals surface area contributed by atoms with Crippen molar-refractivity contribution < 1.29 is 4.42 Å².